The van der Waals surface area contributed by atoms with Gasteiger partial charge in [0.25, 0.3) is 5.91 Å². The third kappa shape index (κ3) is 6.80. The number of amides is 1. The molecular weight excluding hydrogens is 440 g/mol. The highest BCUT2D eigenvalue weighted by atomic mass is 79.9. The minimum atomic E-state index is -0.347. The number of nitrogens with one attached hydrogen (secondary N) is 2. The lowest BCUT2D eigenvalue weighted by molar-refractivity contribution is 0.0973. The van der Waals surface area contributed by atoms with Crippen LogP contribution in [0.15, 0.2) is 46.9 Å². The number of thiocarbonyl (C=S) groups is 1. The number of halogens is 1. The quantitative estimate of drug-likeness (QED) is 0.537. The van der Waals surface area contributed by atoms with E-state index in [1.165, 1.54) is 0 Å². The van der Waals surface area contributed by atoms with Crippen LogP contribution < -0.4 is 20.1 Å². The van der Waals surface area contributed by atoms with Gasteiger partial charge in [0.15, 0.2) is 5.11 Å². The van der Waals surface area contributed by atoms with Crippen LogP contribution in [-0.4, -0.2) is 23.7 Å². The molecule has 7 heteroatoms. The predicted octanol–water partition coefficient (Wildman–Crippen LogP) is 5.40. The molecule has 2 N–H and O–H groups in total. The van der Waals surface area contributed by atoms with Gasteiger partial charge in [-0.15, -0.1) is 0 Å². The van der Waals surface area contributed by atoms with E-state index >= 15 is 0 Å². The summed E-state index contributed by atoms with van der Waals surface area (Å²) in [4.78, 5) is 12.8. The van der Waals surface area contributed by atoms with Crippen LogP contribution in [0.1, 0.15) is 38.1 Å². The van der Waals surface area contributed by atoms with Crippen LogP contribution in [0, 0.1) is 5.92 Å². The summed E-state index contributed by atoms with van der Waals surface area (Å²) in [6.45, 7) is 8.51. The van der Waals surface area contributed by atoms with Crippen molar-refractivity contribution in [2.24, 2.45) is 5.92 Å². The van der Waals surface area contributed by atoms with E-state index in [0.717, 1.165) is 4.47 Å². The lowest BCUT2D eigenvalue weighted by Gasteiger charge is -2.17. The van der Waals surface area contributed by atoms with Crippen LogP contribution >= 0.6 is 28.1 Å². The molecule has 0 radical (unpaired) electrons. The second-order valence-corrected chi connectivity index (χ2v) is 8.24. The number of anilines is 1. The Bertz CT molecular complexity index is 840. The average Bonchev–Trinajstić information content (AvgIpc) is 2.61. The fraction of sp³-hybridized carbons (Fsp3) is 0.333. The summed E-state index contributed by atoms with van der Waals surface area (Å²) in [5.74, 6) is 1.18. The van der Waals surface area contributed by atoms with E-state index < -0.39 is 0 Å². The zero-order chi connectivity index (χ0) is 20.7. The number of benzene rings is 2. The van der Waals surface area contributed by atoms with Crippen LogP contribution in [0.3, 0.4) is 0 Å². The van der Waals surface area contributed by atoms with Crippen LogP contribution in [-0.2, 0) is 0 Å². The van der Waals surface area contributed by atoms with E-state index in [2.05, 4.69) is 26.6 Å². The van der Waals surface area contributed by atoms with Crippen molar-refractivity contribution < 1.29 is 14.3 Å². The molecule has 0 saturated heterocycles. The lowest BCUT2D eigenvalue weighted by atomic mass is 10.2. The van der Waals surface area contributed by atoms with E-state index in [4.69, 9.17) is 21.7 Å². The number of carbonyl (C=O) groups excluding carboxylic acids is 1. The van der Waals surface area contributed by atoms with E-state index in [0.29, 0.717) is 35.3 Å². The third-order valence-corrected chi connectivity index (χ3v) is 4.18. The summed E-state index contributed by atoms with van der Waals surface area (Å²) < 4.78 is 12.3. The van der Waals surface area contributed by atoms with Crippen LogP contribution in [0.2, 0.25) is 0 Å². The summed E-state index contributed by atoms with van der Waals surface area (Å²) in [7, 11) is 0. The first-order valence-electron chi connectivity index (χ1n) is 9.06. The predicted molar refractivity (Wildman–Crippen MR) is 120 cm³/mol. The maximum Gasteiger partial charge on any atom is 0.261 e. The maximum atomic E-state index is 12.8. The van der Waals surface area contributed by atoms with Crippen LogP contribution in [0.25, 0.3) is 0 Å². The molecule has 0 aliphatic carbocycles. The SMILES string of the molecule is CC(C)COc1ccc(Br)cc1C(=O)NC(=S)Nc1ccccc1OC(C)C. The second-order valence-electron chi connectivity index (χ2n) is 6.92. The Morgan fingerprint density at radius 1 is 1.11 bits per heavy atom. The Morgan fingerprint density at radius 2 is 1.82 bits per heavy atom. The van der Waals surface area contributed by atoms with Gasteiger partial charge in [-0.05, 0) is 62.3 Å². The average molecular weight is 465 g/mol. The number of hydrogen-bond donors (Lipinski definition) is 2. The summed E-state index contributed by atoms with van der Waals surface area (Å²) in [5, 5.41) is 5.91. The molecule has 0 aromatic heterocycles. The largest absolute Gasteiger partial charge is 0.492 e. The smallest absolute Gasteiger partial charge is 0.261 e. The Balaban J connectivity index is 2.11. The van der Waals surface area contributed by atoms with Crippen LogP contribution in [0.4, 0.5) is 5.69 Å². The van der Waals surface area contributed by atoms with Crippen LogP contribution in [0.5, 0.6) is 11.5 Å². The van der Waals surface area contributed by atoms with Crippen molar-refractivity contribution in [2.75, 3.05) is 11.9 Å². The molecule has 2 aromatic carbocycles. The van der Waals surface area contributed by atoms with Crippen molar-refractivity contribution in [1.82, 2.24) is 5.32 Å². The zero-order valence-electron chi connectivity index (χ0n) is 16.4. The van der Waals surface area contributed by atoms with Crippen molar-refractivity contribution in [2.45, 2.75) is 33.8 Å². The van der Waals surface area contributed by atoms with Crippen molar-refractivity contribution >= 4 is 44.9 Å². The minimum absolute atomic E-state index is 0.0217. The highest BCUT2D eigenvalue weighted by molar-refractivity contribution is 9.10. The monoisotopic (exact) mass is 464 g/mol. The summed E-state index contributed by atoms with van der Waals surface area (Å²) in [6, 6.07) is 12.7. The molecule has 0 bridgehead atoms. The Kier molecular flexibility index (Phi) is 8.26. The molecule has 1 amide bonds. The van der Waals surface area contributed by atoms with Gasteiger partial charge >= 0.3 is 0 Å². The van der Waals surface area contributed by atoms with Gasteiger partial charge in [0.1, 0.15) is 11.5 Å². The molecule has 0 spiro atoms. The van der Waals surface area contributed by atoms with E-state index in [9.17, 15) is 4.79 Å². The molecule has 5 nitrogen and oxygen atoms in total. The Hall–Kier alpha value is -2.12. The van der Waals surface area contributed by atoms with Crippen molar-refractivity contribution in [3.63, 3.8) is 0 Å². The summed E-state index contributed by atoms with van der Waals surface area (Å²) in [6.07, 6.45) is 0.0217. The molecule has 0 atom stereocenters. The number of ether oxygens (including phenoxy) is 2. The van der Waals surface area contributed by atoms with E-state index in [1.54, 1.807) is 12.1 Å². The van der Waals surface area contributed by atoms with Gasteiger partial charge in [0.05, 0.1) is 24.0 Å². The first kappa shape index (κ1) is 22.2. The summed E-state index contributed by atoms with van der Waals surface area (Å²) in [5.41, 5.74) is 1.10. The van der Waals surface area contributed by atoms with Gasteiger partial charge in [-0.2, -0.15) is 0 Å². The molecule has 0 saturated carbocycles. The number of carbonyl (C=O) groups is 1. The standard InChI is InChI=1S/C21H25BrN2O3S/c1-13(2)12-26-18-10-9-15(22)11-16(18)20(25)24-21(28)23-17-7-5-6-8-19(17)27-14(3)4/h5-11,13-14H,12H2,1-4H3,(H2,23,24,25,28). The number of para-hydroxylation sites is 2. The molecule has 0 fully saturated rings. The van der Waals surface area contributed by atoms with Gasteiger partial charge < -0.3 is 14.8 Å². The van der Waals surface area contributed by atoms with E-state index in [1.807, 2.05) is 58.0 Å². The molecule has 150 valence electrons. The molecule has 0 unspecified atom stereocenters. The zero-order valence-corrected chi connectivity index (χ0v) is 18.8. The van der Waals surface area contributed by atoms with Gasteiger partial charge in [-0.1, -0.05) is 41.9 Å². The molecule has 28 heavy (non-hydrogen) atoms. The molecule has 0 aliphatic heterocycles. The van der Waals surface area contributed by atoms with Crippen molar-refractivity contribution in [3.8, 4) is 11.5 Å². The second kappa shape index (κ2) is 10.4. The molecule has 2 rings (SSSR count). The van der Waals surface area contributed by atoms with Gasteiger partial charge in [-0.3, -0.25) is 10.1 Å². The number of rotatable bonds is 7. The summed E-state index contributed by atoms with van der Waals surface area (Å²) >= 11 is 8.71. The Morgan fingerprint density at radius 3 is 2.50 bits per heavy atom. The highest BCUT2D eigenvalue weighted by Gasteiger charge is 2.16. The van der Waals surface area contributed by atoms with E-state index in [-0.39, 0.29) is 17.1 Å². The third-order valence-electron chi connectivity index (χ3n) is 3.48. The Labute approximate surface area is 179 Å². The molecule has 0 heterocycles. The van der Waals surface area contributed by atoms with Gasteiger partial charge in [0.2, 0.25) is 0 Å². The topological polar surface area (TPSA) is 59.6 Å². The minimum Gasteiger partial charge on any atom is -0.492 e. The normalized spacial score (nSPS) is 10.7. The maximum absolute atomic E-state index is 12.8. The molecule has 2 aromatic rings. The fourth-order valence-electron chi connectivity index (χ4n) is 2.31. The van der Waals surface area contributed by atoms with Gasteiger partial charge in [-0.25, -0.2) is 0 Å². The first-order valence-corrected chi connectivity index (χ1v) is 10.3. The highest BCUT2D eigenvalue weighted by Crippen LogP contribution is 2.26. The van der Waals surface area contributed by atoms with Gasteiger partial charge in [0, 0.05) is 4.47 Å². The van der Waals surface area contributed by atoms with Crippen molar-refractivity contribution in [3.05, 3.63) is 52.5 Å². The lowest BCUT2D eigenvalue weighted by Crippen LogP contribution is -2.34. The fourth-order valence-corrected chi connectivity index (χ4v) is 2.88. The molecule has 0 aliphatic rings. The van der Waals surface area contributed by atoms with Crippen molar-refractivity contribution in [1.29, 1.82) is 0 Å². The number of hydrogen-bond acceptors (Lipinski definition) is 4. The molecular formula is C21H25BrN2O3S. The first-order chi connectivity index (χ1) is 13.3.